The molecule has 1 aliphatic rings. The van der Waals surface area contributed by atoms with Crippen LogP contribution in [0, 0.1) is 0 Å². The predicted octanol–water partition coefficient (Wildman–Crippen LogP) is 2.75. The Balaban J connectivity index is 1.60. The van der Waals surface area contributed by atoms with Crippen LogP contribution in [-0.2, 0) is 16.2 Å². The molecule has 0 amide bonds. The minimum Gasteiger partial charge on any atom is -0.472 e. The van der Waals surface area contributed by atoms with E-state index in [0.717, 1.165) is 12.1 Å². The van der Waals surface area contributed by atoms with E-state index in [1.165, 1.54) is 35.5 Å². The molecule has 0 aliphatic carbocycles. The summed E-state index contributed by atoms with van der Waals surface area (Å²) >= 11 is 0. The molecule has 0 saturated carbocycles. The Morgan fingerprint density at radius 2 is 1.78 bits per heavy atom. The van der Waals surface area contributed by atoms with Gasteiger partial charge in [-0.2, -0.15) is 17.5 Å². The summed E-state index contributed by atoms with van der Waals surface area (Å²) in [4.78, 5) is 14.9. The Morgan fingerprint density at radius 1 is 1.15 bits per heavy atom. The van der Waals surface area contributed by atoms with Gasteiger partial charge in [0, 0.05) is 17.8 Å². The summed E-state index contributed by atoms with van der Waals surface area (Å²) in [5, 5.41) is 0. The molecule has 0 radical (unpaired) electrons. The van der Waals surface area contributed by atoms with Crippen molar-refractivity contribution in [1.29, 1.82) is 0 Å². The van der Waals surface area contributed by atoms with Crippen LogP contribution in [0.5, 0.6) is 5.88 Å². The Labute approximate surface area is 153 Å². The van der Waals surface area contributed by atoms with Crippen LogP contribution < -0.4 is 4.74 Å². The van der Waals surface area contributed by atoms with Crippen LogP contribution in [0.3, 0.4) is 0 Å². The lowest BCUT2D eigenvalue weighted by molar-refractivity contribution is -0.137. The summed E-state index contributed by atoms with van der Waals surface area (Å²) in [5.74, 6) is -0.170. The van der Waals surface area contributed by atoms with Gasteiger partial charge in [-0.05, 0) is 25.1 Å². The Hall–Kier alpha value is -2.46. The SMILES string of the molecule is CC(=O)c1ccc(S(=O)(=O)N2CC(Oc3ccc(C(F)(F)F)cn3)C2)cc1. The van der Waals surface area contributed by atoms with E-state index in [1.807, 2.05) is 0 Å². The molecule has 27 heavy (non-hydrogen) atoms. The maximum atomic E-state index is 12.5. The molecule has 3 rings (SSSR count). The van der Waals surface area contributed by atoms with Crippen molar-refractivity contribution in [3.8, 4) is 5.88 Å². The predicted molar refractivity (Wildman–Crippen MR) is 88.9 cm³/mol. The van der Waals surface area contributed by atoms with Crippen molar-refractivity contribution in [2.45, 2.75) is 24.1 Å². The van der Waals surface area contributed by atoms with Crippen molar-refractivity contribution in [3.63, 3.8) is 0 Å². The average Bonchev–Trinajstić information content (AvgIpc) is 2.57. The monoisotopic (exact) mass is 400 g/mol. The number of nitrogens with zero attached hydrogens (tertiary/aromatic N) is 2. The lowest BCUT2D eigenvalue weighted by Crippen LogP contribution is -2.56. The van der Waals surface area contributed by atoms with Crippen LogP contribution >= 0.6 is 0 Å². The smallest absolute Gasteiger partial charge is 0.417 e. The first-order valence-corrected chi connectivity index (χ1v) is 9.32. The van der Waals surface area contributed by atoms with Gasteiger partial charge in [-0.15, -0.1) is 0 Å². The van der Waals surface area contributed by atoms with Crippen molar-refractivity contribution in [1.82, 2.24) is 9.29 Å². The molecule has 0 N–H and O–H groups in total. The molecule has 1 saturated heterocycles. The Morgan fingerprint density at radius 3 is 2.26 bits per heavy atom. The van der Waals surface area contributed by atoms with Crippen LogP contribution in [0.25, 0.3) is 0 Å². The Bertz CT molecular complexity index is 936. The number of carbonyl (C=O) groups is 1. The first-order valence-electron chi connectivity index (χ1n) is 7.88. The highest BCUT2D eigenvalue weighted by molar-refractivity contribution is 7.89. The minimum atomic E-state index is -4.48. The zero-order valence-corrected chi connectivity index (χ0v) is 14.9. The highest BCUT2D eigenvalue weighted by atomic mass is 32.2. The van der Waals surface area contributed by atoms with Gasteiger partial charge < -0.3 is 4.74 Å². The standard InChI is InChI=1S/C17H15F3N2O4S/c1-11(23)12-2-5-15(6-3-12)27(24,25)22-9-14(10-22)26-16-7-4-13(8-21-16)17(18,19)20/h2-8,14H,9-10H2,1H3. The van der Waals surface area contributed by atoms with Gasteiger partial charge in [0.05, 0.1) is 23.5 Å². The van der Waals surface area contributed by atoms with Gasteiger partial charge >= 0.3 is 6.18 Å². The number of aromatic nitrogens is 1. The number of hydrogen-bond donors (Lipinski definition) is 0. The van der Waals surface area contributed by atoms with Crippen molar-refractivity contribution >= 4 is 15.8 Å². The number of sulfonamides is 1. The lowest BCUT2D eigenvalue weighted by atomic mass is 10.2. The quantitative estimate of drug-likeness (QED) is 0.722. The van der Waals surface area contributed by atoms with E-state index in [1.54, 1.807) is 0 Å². The average molecular weight is 400 g/mol. The number of halogens is 3. The van der Waals surface area contributed by atoms with Gasteiger partial charge in [0.15, 0.2) is 5.78 Å². The molecule has 0 atom stereocenters. The highest BCUT2D eigenvalue weighted by Crippen LogP contribution is 2.30. The second kappa shape index (κ2) is 6.93. The molecule has 1 aromatic heterocycles. The Kier molecular flexibility index (Phi) is 4.96. The van der Waals surface area contributed by atoms with Crippen molar-refractivity contribution in [3.05, 3.63) is 53.7 Å². The van der Waals surface area contributed by atoms with Crippen molar-refractivity contribution < 1.29 is 31.1 Å². The highest BCUT2D eigenvalue weighted by Gasteiger charge is 2.38. The topological polar surface area (TPSA) is 76.6 Å². The van der Waals surface area contributed by atoms with Crippen LogP contribution in [-0.4, -0.2) is 42.7 Å². The molecule has 10 heteroatoms. The lowest BCUT2D eigenvalue weighted by Gasteiger charge is -2.37. The summed E-state index contributed by atoms with van der Waals surface area (Å²) in [6.45, 7) is 1.50. The molecule has 0 unspecified atom stereocenters. The maximum Gasteiger partial charge on any atom is 0.417 e. The van der Waals surface area contributed by atoms with Crippen LogP contribution in [0.1, 0.15) is 22.8 Å². The number of hydrogen-bond acceptors (Lipinski definition) is 5. The molecular formula is C17H15F3N2O4S. The number of rotatable bonds is 5. The summed E-state index contributed by atoms with van der Waals surface area (Å²) in [5.41, 5.74) is -0.478. The molecule has 1 aliphatic heterocycles. The van der Waals surface area contributed by atoms with Crippen LogP contribution in [0.4, 0.5) is 13.2 Å². The number of Topliss-reactive ketones (excluding diaryl/α,β-unsaturated/α-hetero) is 1. The van der Waals surface area contributed by atoms with E-state index in [0.29, 0.717) is 11.8 Å². The van der Waals surface area contributed by atoms with Gasteiger partial charge in [0.25, 0.3) is 0 Å². The second-order valence-corrected chi connectivity index (χ2v) is 7.96. The fourth-order valence-corrected chi connectivity index (χ4v) is 3.97. The maximum absolute atomic E-state index is 12.5. The summed E-state index contributed by atoms with van der Waals surface area (Å²) in [7, 11) is -3.72. The summed E-state index contributed by atoms with van der Waals surface area (Å²) in [6.07, 6.45) is -4.32. The number of carbonyl (C=O) groups excluding carboxylic acids is 1. The van der Waals surface area contributed by atoms with Gasteiger partial charge in [-0.1, -0.05) is 12.1 Å². The summed E-state index contributed by atoms with van der Waals surface area (Å²) < 4.78 is 69.1. The minimum absolute atomic E-state index is 0.00383. The van der Waals surface area contributed by atoms with Crippen molar-refractivity contribution in [2.75, 3.05) is 13.1 Å². The molecule has 0 spiro atoms. The molecule has 0 bridgehead atoms. The van der Waals surface area contributed by atoms with Gasteiger partial charge in [0.1, 0.15) is 6.10 Å². The molecule has 2 heterocycles. The molecule has 1 fully saturated rings. The van der Waals surface area contributed by atoms with E-state index in [2.05, 4.69) is 4.98 Å². The largest absolute Gasteiger partial charge is 0.472 e. The molecule has 1 aromatic carbocycles. The van der Waals surface area contributed by atoms with E-state index in [-0.39, 0.29) is 29.6 Å². The zero-order chi connectivity index (χ0) is 19.8. The van der Waals surface area contributed by atoms with Crippen LogP contribution in [0.15, 0.2) is 47.5 Å². The third-order valence-electron chi connectivity index (χ3n) is 4.06. The number of ketones is 1. The number of benzene rings is 1. The summed E-state index contributed by atoms with van der Waals surface area (Å²) in [6, 6.07) is 7.55. The second-order valence-electron chi connectivity index (χ2n) is 6.03. The number of alkyl halides is 3. The zero-order valence-electron chi connectivity index (χ0n) is 14.1. The first kappa shape index (κ1) is 19.3. The van der Waals surface area contributed by atoms with Gasteiger partial charge in [-0.25, -0.2) is 13.4 Å². The fraction of sp³-hybridized carbons (Fsp3) is 0.294. The van der Waals surface area contributed by atoms with Crippen molar-refractivity contribution in [2.24, 2.45) is 0 Å². The third-order valence-corrected chi connectivity index (χ3v) is 5.91. The molecule has 6 nitrogen and oxygen atoms in total. The fourth-order valence-electron chi connectivity index (χ4n) is 2.47. The van der Waals surface area contributed by atoms with Crippen LogP contribution in [0.2, 0.25) is 0 Å². The van der Waals surface area contributed by atoms with E-state index < -0.39 is 27.9 Å². The number of pyridine rings is 1. The molecule has 144 valence electrons. The first-order chi connectivity index (χ1) is 12.6. The molecular weight excluding hydrogens is 385 g/mol. The van der Waals surface area contributed by atoms with E-state index in [9.17, 15) is 26.4 Å². The van der Waals surface area contributed by atoms with E-state index >= 15 is 0 Å². The third kappa shape index (κ3) is 4.11. The van der Waals surface area contributed by atoms with Gasteiger partial charge in [-0.3, -0.25) is 4.79 Å². The molecule has 2 aromatic rings. The van der Waals surface area contributed by atoms with Gasteiger partial charge in [0.2, 0.25) is 15.9 Å². The number of ether oxygens (including phenoxy) is 1. The van der Waals surface area contributed by atoms with E-state index in [4.69, 9.17) is 4.74 Å². The normalized spacial score (nSPS) is 16.0.